The SMILES string of the molecule is CSCC[C@H](NC(=O)[C@H](CC(C)C)NC(=O)CNC(=O)[C@H](Cc1ccccc1)NC(=O)[C@H](Cc1ccccc1)NC(=O)[C@@H](CCC(N)=O)NC(=O)[C@H](CCC(N)=O)NC(=O)[C@H]1CCCN1C(=O)[C@@H](CCCCN)NC(=O)[C@@H]1CCCN1C(=O)[C@H](N)CCCN=C(N)N)C(N)=O. The van der Waals surface area contributed by atoms with E-state index >= 15 is 0 Å². The first-order valence-corrected chi connectivity index (χ1v) is 33.6. The molecule has 22 N–H and O–H groups in total. The molecule has 2 aliphatic rings. The molecular weight excluding hydrogens is 1250 g/mol. The number of guanidine groups is 1. The van der Waals surface area contributed by atoms with Crippen molar-refractivity contribution in [1.82, 2.24) is 52.3 Å². The van der Waals surface area contributed by atoms with E-state index in [1.165, 1.54) is 21.6 Å². The number of nitrogens with one attached hydrogen (secondary N) is 8. The Morgan fingerprint density at radius 2 is 1.01 bits per heavy atom. The molecule has 0 saturated carbocycles. The summed E-state index contributed by atoms with van der Waals surface area (Å²) in [6, 6.07) is 4.51. The number of unbranched alkanes of at least 4 members (excludes halogenated alkanes) is 1. The number of rotatable bonds is 42. The van der Waals surface area contributed by atoms with Crippen molar-refractivity contribution < 1.29 is 62.3 Å². The average molecular weight is 1350 g/mol. The number of carbonyl (C=O) groups is 13. The van der Waals surface area contributed by atoms with E-state index in [-0.39, 0.29) is 83.0 Å². The van der Waals surface area contributed by atoms with Gasteiger partial charge in [-0.15, -0.1) is 0 Å². The fraction of sp³-hybridized carbons (Fsp3) is 0.587. The van der Waals surface area contributed by atoms with Gasteiger partial charge >= 0.3 is 0 Å². The zero-order valence-electron chi connectivity index (χ0n) is 54.5. The van der Waals surface area contributed by atoms with Gasteiger partial charge in [0.1, 0.15) is 54.4 Å². The molecule has 2 heterocycles. The zero-order valence-corrected chi connectivity index (χ0v) is 55.3. The van der Waals surface area contributed by atoms with Gasteiger partial charge < -0.3 is 92.5 Å². The van der Waals surface area contributed by atoms with E-state index in [0.29, 0.717) is 55.4 Å². The van der Waals surface area contributed by atoms with E-state index in [4.69, 9.17) is 40.1 Å². The van der Waals surface area contributed by atoms with Gasteiger partial charge in [0.2, 0.25) is 76.8 Å². The molecule has 95 heavy (non-hydrogen) atoms. The maximum absolute atomic E-state index is 14.7. The summed E-state index contributed by atoms with van der Waals surface area (Å²) in [5.41, 5.74) is 40.6. The molecule has 4 rings (SSSR count). The number of aliphatic imine (C=N–C) groups is 1. The maximum atomic E-state index is 14.7. The number of primary amides is 3. The summed E-state index contributed by atoms with van der Waals surface area (Å²) in [5.74, 6) is -9.80. The highest BCUT2D eigenvalue weighted by molar-refractivity contribution is 7.98. The highest BCUT2D eigenvalue weighted by atomic mass is 32.2. The summed E-state index contributed by atoms with van der Waals surface area (Å²) in [7, 11) is 0. The van der Waals surface area contributed by atoms with Crippen molar-refractivity contribution in [2.45, 2.75) is 183 Å². The van der Waals surface area contributed by atoms with E-state index in [0.717, 1.165) is 0 Å². The molecule has 31 nitrogen and oxygen atoms in total. The van der Waals surface area contributed by atoms with Crippen molar-refractivity contribution in [1.29, 1.82) is 0 Å². The Balaban J connectivity index is 1.56. The molecule has 2 aromatic carbocycles. The van der Waals surface area contributed by atoms with Crippen LogP contribution in [-0.4, -0.2) is 198 Å². The fourth-order valence-electron chi connectivity index (χ4n) is 11.0. The Morgan fingerprint density at radius 1 is 0.537 bits per heavy atom. The topological polar surface area (TPSA) is 519 Å². The molecule has 524 valence electrons. The molecule has 13 amide bonds. The van der Waals surface area contributed by atoms with Gasteiger partial charge in [0.15, 0.2) is 5.96 Å². The highest BCUT2D eigenvalue weighted by Crippen LogP contribution is 2.24. The Bertz CT molecular complexity index is 2960. The van der Waals surface area contributed by atoms with Gasteiger partial charge in [-0.05, 0) is 119 Å². The lowest BCUT2D eigenvalue weighted by Crippen LogP contribution is -2.60. The van der Waals surface area contributed by atoms with Crippen molar-refractivity contribution >= 4 is 94.5 Å². The minimum Gasteiger partial charge on any atom is -0.370 e. The van der Waals surface area contributed by atoms with Crippen LogP contribution in [0.1, 0.15) is 121 Å². The van der Waals surface area contributed by atoms with Crippen LogP contribution in [0.3, 0.4) is 0 Å². The van der Waals surface area contributed by atoms with Crippen LogP contribution in [0.4, 0.5) is 0 Å². The van der Waals surface area contributed by atoms with E-state index in [2.05, 4.69) is 47.5 Å². The first-order valence-electron chi connectivity index (χ1n) is 32.2. The summed E-state index contributed by atoms with van der Waals surface area (Å²) in [6.07, 6.45) is 3.12. The summed E-state index contributed by atoms with van der Waals surface area (Å²) < 4.78 is 0. The van der Waals surface area contributed by atoms with Gasteiger partial charge in [-0.25, -0.2) is 0 Å². The lowest BCUT2D eigenvalue weighted by molar-refractivity contribution is -0.144. The van der Waals surface area contributed by atoms with E-state index in [9.17, 15) is 62.3 Å². The smallest absolute Gasteiger partial charge is 0.245 e. The van der Waals surface area contributed by atoms with Crippen molar-refractivity contribution in [2.75, 3.05) is 44.7 Å². The molecule has 0 unspecified atom stereocenters. The second-order valence-electron chi connectivity index (χ2n) is 24.1. The molecule has 2 aromatic rings. The second-order valence-corrected chi connectivity index (χ2v) is 25.1. The minimum absolute atomic E-state index is 0.0736. The second kappa shape index (κ2) is 41.0. The molecule has 10 atom stereocenters. The Morgan fingerprint density at radius 3 is 1.51 bits per heavy atom. The molecule has 32 heteroatoms. The normalized spacial score (nSPS) is 16.8. The lowest BCUT2D eigenvalue weighted by atomic mass is 10.0. The maximum Gasteiger partial charge on any atom is 0.245 e. The number of hydrogen-bond acceptors (Lipinski definition) is 17. The zero-order chi connectivity index (χ0) is 70.1. The van der Waals surface area contributed by atoms with Crippen LogP contribution >= 0.6 is 11.8 Å². The summed E-state index contributed by atoms with van der Waals surface area (Å²) in [5, 5.41) is 21.1. The molecule has 0 radical (unpaired) electrons. The van der Waals surface area contributed by atoms with E-state index in [1.807, 2.05) is 20.1 Å². The molecule has 2 saturated heterocycles. The number of likely N-dealkylation sites (tertiary alicyclic amines) is 2. The largest absolute Gasteiger partial charge is 0.370 e. The molecular formula is C63H98N18O13S. The van der Waals surface area contributed by atoms with Gasteiger partial charge in [-0.1, -0.05) is 74.5 Å². The van der Waals surface area contributed by atoms with Gasteiger partial charge in [-0.2, -0.15) is 11.8 Å². The van der Waals surface area contributed by atoms with Crippen molar-refractivity contribution in [2.24, 2.45) is 51.0 Å². The van der Waals surface area contributed by atoms with Crippen LogP contribution < -0.4 is 82.7 Å². The van der Waals surface area contributed by atoms with Crippen LogP contribution in [0, 0.1) is 5.92 Å². The third-order valence-electron chi connectivity index (χ3n) is 16.0. The molecule has 0 spiro atoms. The van der Waals surface area contributed by atoms with Crippen molar-refractivity contribution in [3.63, 3.8) is 0 Å². The number of nitrogens with zero attached hydrogens (tertiary/aromatic N) is 3. The standard InChI is InChI=1S/C63H98N18O13S/c1-37(2)33-45(57(89)74-41(53(68)85)27-32-95-3)73-52(84)36-72-54(86)46(34-38-15-6-4-7-16-38)78-58(90)47(35-39-17-8-5-9-18-39)79-56(88)42(23-25-50(66)82)75-55(87)43(24-26-51(67)83)76-59(91)49-22-14-31-81(49)62(94)44(20-10-11-28-64)77-60(92)48-21-13-30-80(48)61(93)40(65)19-12-29-71-63(69)70/h4-9,15-18,37,40-49H,10-14,19-36,64-65H2,1-3H3,(H2,66,82)(H2,67,83)(H2,68,85)(H,72,86)(H,73,84)(H,74,89)(H,75,87)(H,76,91)(H,77,92)(H,78,90)(H,79,88)(H4,69,70,71)/t40-,41+,42-,43+,44-,45+,46+,47+,48+,49-/m1/s1. The van der Waals surface area contributed by atoms with E-state index < -0.39 is 169 Å². The number of thioether (sulfide) groups is 1. The number of amides is 13. The Labute approximate surface area is 558 Å². The molecule has 2 aliphatic heterocycles. The summed E-state index contributed by atoms with van der Waals surface area (Å²) in [6.45, 7) is 3.86. The predicted molar refractivity (Wildman–Crippen MR) is 356 cm³/mol. The van der Waals surface area contributed by atoms with Crippen LogP contribution in [0.15, 0.2) is 65.7 Å². The van der Waals surface area contributed by atoms with Crippen LogP contribution in [-0.2, 0) is 75.2 Å². The summed E-state index contributed by atoms with van der Waals surface area (Å²) >= 11 is 1.45. The lowest BCUT2D eigenvalue weighted by Gasteiger charge is -2.32. The van der Waals surface area contributed by atoms with Crippen molar-refractivity contribution in [3.05, 3.63) is 71.8 Å². The minimum atomic E-state index is -1.64. The van der Waals surface area contributed by atoms with E-state index in [1.54, 1.807) is 60.7 Å². The van der Waals surface area contributed by atoms with Gasteiger partial charge in [0, 0.05) is 45.3 Å². The van der Waals surface area contributed by atoms with Crippen LogP contribution in [0.25, 0.3) is 0 Å². The van der Waals surface area contributed by atoms with Gasteiger partial charge in [0.25, 0.3) is 0 Å². The van der Waals surface area contributed by atoms with Gasteiger partial charge in [0.05, 0.1) is 12.6 Å². The molecule has 0 bridgehead atoms. The number of hydrogen-bond donors (Lipinski definition) is 15. The average Bonchev–Trinajstić information content (AvgIpc) is 1.74. The number of nitrogens with two attached hydrogens (primary N) is 7. The highest BCUT2D eigenvalue weighted by Gasteiger charge is 2.42. The number of benzene rings is 2. The summed E-state index contributed by atoms with van der Waals surface area (Å²) in [4.78, 5) is 185. The molecule has 2 fully saturated rings. The third-order valence-corrected chi connectivity index (χ3v) is 16.7. The van der Waals surface area contributed by atoms with Crippen LogP contribution in [0.2, 0.25) is 0 Å². The monoisotopic (exact) mass is 1350 g/mol. The molecule has 0 aliphatic carbocycles. The first-order chi connectivity index (χ1) is 45.2. The number of carbonyl (C=O) groups excluding carboxylic acids is 13. The fourth-order valence-corrected chi connectivity index (χ4v) is 11.5. The third kappa shape index (κ3) is 27.5. The molecule has 0 aromatic heterocycles. The Kier molecular flexibility index (Phi) is 33.9. The van der Waals surface area contributed by atoms with Crippen molar-refractivity contribution in [3.8, 4) is 0 Å². The Hall–Kier alpha value is -8.91. The van der Waals surface area contributed by atoms with Crippen LogP contribution in [0.5, 0.6) is 0 Å². The van der Waals surface area contributed by atoms with Gasteiger partial charge in [-0.3, -0.25) is 67.3 Å². The first kappa shape index (κ1) is 78.5. The predicted octanol–water partition coefficient (Wildman–Crippen LogP) is -3.71. The quantitative estimate of drug-likeness (QED) is 0.0173.